The average Bonchev–Trinajstić information content (AvgIpc) is 3.05. The van der Waals surface area contributed by atoms with Crippen molar-refractivity contribution < 1.29 is 19.2 Å². The zero-order valence-corrected chi connectivity index (χ0v) is 15.8. The van der Waals surface area contributed by atoms with E-state index in [1.165, 1.54) is 29.5 Å². The average molecular weight is 387 g/mol. The number of carbonyl (C=O) groups excluding carboxylic acids is 1. The molecule has 3 aromatic rings. The van der Waals surface area contributed by atoms with Crippen molar-refractivity contribution >= 4 is 33.1 Å². The molecule has 8 nitrogen and oxygen atoms in total. The Morgan fingerprint density at radius 2 is 1.85 bits per heavy atom. The van der Waals surface area contributed by atoms with E-state index in [0.717, 1.165) is 10.2 Å². The number of hydrogen-bond acceptors (Lipinski definition) is 6. The van der Waals surface area contributed by atoms with E-state index in [0.29, 0.717) is 22.8 Å². The van der Waals surface area contributed by atoms with Gasteiger partial charge in [-0.15, -0.1) is 0 Å². The van der Waals surface area contributed by atoms with Gasteiger partial charge in [0, 0.05) is 12.6 Å². The second-order valence-electron chi connectivity index (χ2n) is 5.47. The van der Waals surface area contributed by atoms with Crippen molar-refractivity contribution in [2.24, 2.45) is 4.99 Å². The summed E-state index contributed by atoms with van der Waals surface area (Å²) in [7, 11) is 3.13. The standard InChI is InChI=1S/C18H17N3O5S/c1-4-20-15-13(25-2)9-10-14(26-3)16(15)27-18(20)19-17(22)11-7-5-6-8-12(11)21(23)24/h5-10H,4H2,1-3H3. The number of fused-ring (bicyclic) bond motifs is 1. The molecule has 9 heteroatoms. The first-order chi connectivity index (χ1) is 13.0. The number of benzene rings is 2. The molecule has 0 radical (unpaired) electrons. The van der Waals surface area contributed by atoms with E-state index in [9.17, 15) is 14.9 Å². The van der Waals surface area contributed by atoms with Crippen molar-refractivity contribution in [3.8, 4) is 11.5 Å². The second kappa shape index (κ2) is 7.58. The van der Waals surface area contributed by atoms with Crippen LogP contribution in [0.15, 0.2) is 41.4 Å². The van der Waals surface area contributed by atoms with Crippen LogP contribution >= 0.6 is 11.3 Å². The van der Waals surface area contributed by atoms with Crippen LogP contribution in [0.4, 0.5) is 5.69 Å². The van der Waals surface area contributed by atoms with E-state index in [4.69, 9.17) is 9.47 Å². The van der Waals surface area contributed by atoms with Gasteiger partial charge in [-0.25, -0.2) is 0 Å². The van der Waals surface area contributed by atoms with Crippen molar-refractivity contribution in [2.45, 2.75) is 13.5 Å². The maximum Gasteiger partial charge on any atom is 0.286 e. The molecule has 0 N–H and O–H groups in total. The van der Waals surface area contributed by atoms with Crippen molar-refractivity contribution in [1.29, 1.82) is 0 Å². The van der Waals surface area contributed by atoms with Crippen LogP contribution < -0.4 is 14.3 Å². The highest BCUT2D eigenvalue weighted by molar-refractivity contribution is 7.16. The van der Waals surface area contributed by atoms with E-state index < -0.39 is 10.8 Å². The van der Waals surface area contributed by atoms with Gasteiger partial charge in [0.05, 0.1) is 19.1 Å². The molecule has 0 spiro atoms. The topological polar surface area (TPSA) is 96.0 Å². The highest BCUT2D eigenvalue weighted by Gasteiger charge is 2.20. The Morgan fingerprint density at radius 1 is 1.19 bits per heavy atom. The molecule has 0 saturated carbocycles. The van der Waals surface area contributed by atoms with E-state index in [1.807, 2.05) is 11.5 Å². The molecule has 0 aliphatic heterocycles. The summed E-state index contributed by atoms with van der Waals surface area (Å²) in [5, 5.41) is 11.2. The number of para-hydroxylation sites is 1. The van der Waals surface area contributed by atoms with Gasteiger partial charge in [-0.3, -0.25) is 14.9 Å². The Balaban J connectivity index is 2.26. The quantitative estimate of drug-likeness (QED) is 0.494. The largest absolute Gasteiger partial charge is 0.495 e. The lowest BCUT2D eigenvalue weighted by atomic mass is 10.2. The summed E-state index contributed by atoms with van der Waals surface area (Å²) in [6.45, 7) is 2.45. The molecular formula is C18H17N3O5S. The van der Waals surface area contributed by atoms with Gasteiger partial charge >= 0.3 is 0 Å². The Morgan fingerprint density at radius 3 is 2.48 bits per heavy atom. The predicted molar refractivity (Wildman–Crippen MR) is 102 cm³/mol. The molecule has 0 saturated heterocycles. The van der Waals surface area contributed by atoms with Crippen LogP contribution in [-0.4, -0.2) is 29.6 Å². The second-order valence-corrected chi connectivity index (χ2v) is 6.45. The fraction of sp³-hybridized carbons (Fsp3) is 0.222. The summed E-state index contributed by atoms with van der Waals surface area (Å²) in [6, 6.07) is 9.33. The summed E-state index contributed by atoms with van der Waals surface area (Å²) >= 11 is 1.27. The number of nitrogens with zero attached hydrogens (tertiary/aromatic N) is 3. The Labute approximate surface area is 158 Å². The molecule has 0 fully saturated rings. The third kappa shape index (κ3) is 3.28. The van der Waals surface area contributed by atoms with E-state index >= 15 is 0 Å². The molecule has 0 aliphatic carbocycles. The van der Waals surface area contributed by atoms with Crippen LogP contribution in [0.1, 0.15) is 17.3 Å². The lowest BCUT2D eigenvalue weighted by Gasteiger charge is -2.08. The number of carbonyl (C=O) groups is 1. The first-order valence-electron chi connectivity index (χ1n) is 8.08. The number of amides is 1. The van der Waals surface area contributed by atoms with Gasteiger partial charge in [0.25, 0.3) is 11.6 Å². The summed E-state index contributed by atoms with van der Waals surface area (Å²) in [5.41, 5.74) is 0.436. The maximum atomic E-state index is 12.7. The van der Waals surface area contributed by atoms with Crippen molar-refractivity contribution in [3.05, 3.63) is 56.9 Å². The number of hydrogen-bond donors (Lipinski definition) is 0. The van der Waals surface area contributed by atoms with Gasteiger partial charge < -0.3 is 14.0 Å². The van der Waals surface area contributed by atoms with E-state index in [-0.39, 0.29) is 11.3 Å². The summed E-state index contributed by atoms with van der Waals surface area (Å²) in [4.78, 5) is 27.8. The van der Waals surface area contributed by atoms with E-state index in [2.05, 4.69) is 4.99 Å². The smallest absolute Gasteiger partial charge is 0.286 e. The van der Waals surface area contributed by atoms with Gasteiger partial charge in [-0.2, -0.15) is 4.99 Å². The highest BCUT2D eigenvalue weighted by atomic mass is 32.1. The number of aromatic nitrogens is 1. The molecule has 0 aliphatic rings. The zero-order valence-electron chi connectivity index (χ0n) is 15.0. The Kier molecular flexibility index (Phi) is 5.22. The van der Waals surface area contributed by atoms with E-state index in [1.54, 1.807) is 32.4 Å². The SMILES string of the molecule is CCn1c(=NC(=O)c2ccccc2[N+](=O)[O-])sc2c(OC)ccc(OC)c21. The molecule has 1 aromatic heterocycles. The number of ether oxygens (including phenoxy) is 2. The molecule has 140 valence electrons. The first-order valence-corrected chi connectivity index (χ1v) is 8.90. The number of aryl methyl sites for hydroxylation is 1. The number of nitro groups is 1. The molecule has 27 heavy (non-hydrogen) atoms. The summed E-state index contributed by atoms with van der Waals surface area (Å²) < 4.78 is 13.5. The van der Waals surface area contributed by atoms with Crippen molar-refractivity contribution in [3.63, 3.8) is 0 Å². The zero-order chi connectivity index (χ0) is 19.6. The lowest BCUT2D eigenvalue weighted by Crippen LogP contribution is -2.16. The fourth-order valence-electron chi connectivity index (χ4n) is 2.79. The Bertz CT molecular complexity index is 1100. The van der Waals surface area contributed by atoms with Gasteiger partial charge in [0.2, 0.25) is 0 Å². The monoisotopic (exact) mass is 387 g/mol. The third-order valence-corrected chi connectivity index (χ3v) is 5.13. The lowest BCUT2D eigenvalue weighted by molar-refractivity contribution is -0.385. The van der Waals surface area contributed by atoms with Crippen LogP contribution in [0.5, 0.6) is 11.5 Å². The normalized spacial score (nSPS) is 11.6. The molecule has 1 heterocycles. The first kappa shape index (κ1) is 18.6. The van der Waals surface area contributed by atoms with Crippen LogP contribution in [0.3, 0.4) is 0 Å². The van der Waals surface area contributed by atoms with Gasteiger partial charge in [0.1, 0.15) is 27.3 Å². The molecular weight excluding hydrogens is 370 g/mol. The molecule has 3 rings (SSSR count). The van der Waals surface area contributed by atoms with Gasteiger partial charge in [0.15, 0.2) is 4.80 Å². The van der Waals surface area contributed by atoms with Crippen LogP contribution in [0.25, 0.3) is 10.2 Å². The molecule has 1 amide bonds. The van der Waals surface area contributed by atoms with Crippen molar-refractivity contribution in [2.75, 3.05) is 14.2 Å². The van der Waals surface area contributed by atoms with Crippen LogP contribution in [0.2, 0.25) is 0 Å². The number of thiazole rings is 1. The third-order valence-electron chi connectivity index (χ3n) is 4.04. The summed E-state index contributed by atoms with van der Waals surface area (Å²) in [5.74, 6) is 0.593. The van der Waals surface area contributed by atoms with Crippen LogP contribution in [0, 0.1) is 10.1 Å². The Hall–Kier alpha value is -3.20. The van der Waals surface area contributed by atoms with Gasteiger partial charge in [-0.05, 0) is 25.1 Å². The van der Waals surface area contributed by atoms with Crippen LogP contribution in [-0.2, 0) is 6.54 Å². The number of rotatable bonds is 5. The summed E-state index contributed by atoms with van der Waals surface area (Å²) in [6.07, 6.45) is 0. The van der Waals surface area contributed by atoms with Crippen molar-refractivity contribution in [1.82, 2.24) is 4.57 Å². The molecule has 0 atom stereocenters. The predicted octanol–water partition coefficient (Wildman–Crippen LogP) is 3.39. The minimum absolute atomic E-state index is 0.0541. The number of methoxy groups -OCH3 is 2. The fourth-order valence-corrected chi connectivity index (χ4v) is 3.99. The highest BCUT2D eigenvalue weighted by Crippen LogP contribution is 2.35. The molecule has 0 unspecified atom stereocenters. The maximum absolute atomic E-state index is 12.7. The molecule has 0 bridgehead atoms. The van der Waals surface area contributed by atoms with Gasteiger partial charge in [-0.1, -0.05) is 23.5 Å². The molecule has 2 aromatic carbocycles. The number of nitro benzene ring substituents is 1. The minimum atomic E-state index is -0.672. The minimum Gasteiger partial charge on any atom is -0.495 e.